The van der Waals surface area contributed by atoms with Crippen molar-refractivity contribution in [1.29, 1.82) is 0 Å². The Morgan fingerprint density at radius 3 is 2.42 bits per heavy atom. The van der Waals surface area contributed by atoms with Gasteiger partial charge >= 0.3 is 17.9 Å². The summed E-state index contributed by atoms with van der Waals surface area (Å²) in [6.07, 6.45) is -0.626. The first-order valence-electron chi connectivity index (χ1n) is 11.7. The molecule has 0 aliphatic carbocycles. The SMILES string of the molecule is CC(Nc1nc2c(c(=O)[nH]1)N(C)C(CNc1ccc(C(=O)N[C@@H](CCC(=O)O)C(=O)O)cc1)CN2)C(=O)O. The van der Waals surface area contributed by atoms with Crippen molar-refractivity contribution in [1.82, 2.24) is 15.3 Å². The van der Waals surface area contributed by atoms with Crippen molar-refractivity contribution in [2.45, 2.75) is 37.9 Å². The predicted molar refractivity (Wildman–Crippen MR) is 137 cm³/mol. The van der Waals surface area contributed by atoms with Gasteiger partial charge in [-0.05, 0) is 37.6 Å². The maximum Gasteiger partial charge on any atom is 0.326 e. The molecule has 0 radical (unpaired) electrons. The third-order valence-corrected chi connectivity index (χ3v) is 5.96. The lowest BCUT2D eigenvalue weighted by Crippen LogP contribution is -2.48. The highest BCUT2D eigenvalue weighted by Gasteiger charge is 2.28. The van der Waals surface area contributed by atoms with E-state index in [1.807, 2.05) is 0 Å². The fraction of sp³-hybridized carbons (Fsp3) is 0.391. The van der Waals surface area contributed by atoms with Crippen molar-refractivity contribution in [2.75, 3.05) is 41.0 Å². The number of anilines is 4. The van der Waals surface area contributed by atoms with Crippen LogP contribution in [0.1, 0.15) is 30.1 Å². The molecule has 1 aliphatic heterocycles. The van der Waals surface area contributed by atoms with Crippen LogP contribution in [0.15, 0.2) is 29.1 Å². The lowest BCUT2D eigenvalue weighted by molar-refractivity contribution is -0.141. The van der Waals surface area contributed by atoms with E-state index in [9.17, 15) is 29.1 Å². The van der Waals surface area contributed by atoms with Crippen LogP contribution in [0, 0.1) is 0 Å². The number of amides is 1. The van der Waals surface area contributed by atoms with Crippen LogP contribution in [0.4, 0.5) is 23.1 Å². The molecule has 38 heavy (non-hydrogen) atoms. The first-order chi connectivity index (χ1) is 18.0. The van der Waals surface area contributed by atoms with Crippen LogP contribution < -0.4 is 31.7 Å². The highest BCUT2D eigenvalue weighted by Crippen LogP contribution is 2.25. The lowest BCUT2D eigenvalue weighted by Gasteiger charge is -2.35. The molecule has 2 heterocycles. The summed E-state index contributed by atoms with van der Waals surface area (Å²) in [7, 11) is 1.74. The number of aromatic amines is 1. The summed E-state index contributed by atoms with van der Waals surface area (Å²) < 4.78 is 0. The number of aromatic nitrogens is 2. The number of carboxylic acids is 3. The molecule has 2 unspecified atom stereocenters. The topological polar surface area (TPSA) is 226 Å². The molecule has 1 aromatic heterocycles. The minimum absolute atomic E-state index is 0.0433. The van der Waals surface area contributed by atoms with Gasteiger partial charge in [-0.2, -0.15) is 4.98 Å². The number of rotatable bonds is 12. The minimum atomic E-state index is -1.32. The maximum absolute atomic E-state index is 12.7. The number of hydrogen-bond acceptors (Lipinski definition) is 10. The molecule has 0 saturated heterocycles. The fourth-order valence-electron chi connectivity index (χ4n) is 3.74. The fourth-order valence-corrected chi connectivity index (χ4v) is 3.74. The van der Waals surface area contributed by atoms with Gasteiger partial charge in [-0.3, -0.25) is 24.2 Å². The van der Waals surface area contributed by atoms with E-state index in [1.54, 1.807) is 24.1 Å². The smallest absolute Gasteiger partial charge is 0.326 e. The van der Waals surface area contributed by atoms with Gasteiger partial charge in [0, 0.05) is 37.8 Å². The molecular weight excluding hydrogens is 502 g/mol. The van der Waals surface area contributed by atoms with Crippen molar-refractivity contribution >= 4 is 47.0 Å². The van der Waals surface area contributed by atoms with Crippen molar-refractivity contribution in [2.24, 2.45) is 0 Å². The first kappa shape index (κ1) is 27.8. The summed E-state index contributed by atoms with van der Waals surface area (Å²) >= 11 is 0. The molecule has 3 rings (SSSR count). The average molecular weight is 532 g/mol. The van der Waals surface area contributed by atoms with Gasteiger partial charge in [0.25, 0.3) is 11.5 Å². The molecule has 15 nitrogen and oxygen atoms in total. The third kappa shape index (κ3) is 6.89. The van der Waals surface area contributed by atoms with Crippen LogP contribution in [0.5, 0.6) is 0 Å². The van der Waals surface area contributed by atoms with E-state index in [-0.39, 0.29) is 30.4 Å². The number of nitrogens with zero attached hydrogens (tertiary/aromatic N) is 2. The van der Waals surface area contributed by atoms with Gasteiger partial charge in [0.05, 0.1) is 6.04 Å². The number of carbonyl (C=O) groups excluding carboxylic acids is 1. The molecule has 0 fully saturated rings. The molecule has 2 aromatic rings. The summed E-state index contributed by atoms with van der Waals surface area (Å²) in [6.45, 7) is 2.28. The monoisotopic (exact) mass is 531 g/mol. The molecule has 15 heteroatoms. The Morgan fingerprint density at radius 2 is 1.82 bits per heavy atom. The van der Waals surface area contributed by atoms with Crippen LogP contribution in [0.25, 0.3) is 0 Å². The molecule has 3 atom stereocenters. The number of fused-ring (bicyclic) bond motifs is 1. The number of hydrogen-bond donors (Lipinski definition) is 8. The Hall–Kier alpha value is -4.82. The number of likely N-dealkylation sites (N-methyl/N-ethyl adjacent to an activating group) is 1. The Balaban J connectivity index is 1.59. The lowest BCUT2D eigenvalue weighted by atomic mass is 10.1. The van der Waals surface area contributed by atoms with E-state index in [4.69, 9.17) is 10.2 Å². The predicted octanol–water partition coefficient (Wildman–Crippen LogP) is 0.0451. The number of aliphatic carboxylic acids is 3. The summed E-state index contributed by atoms with van der Waals surface area (Å²) in [5.41, 5.74) is 0.755. The van der Waals surface area contributed by atoms with Crippen molar-refractivity contribution in [3.05, 3.63) is 40.2 Å². The van der Waals surface area contributed by atoms with Gasteiger partial charge in [0.1, 0.15) is 17.8 Å². The van der Waals surface area contributed by atoms with E-state index in [2.05, 4.69) is 31.2 Å². The van der Waals surface area contributed by atoms with Gasteiger partial charge in [-0.15, -0.1) is 0 Å². The van der Waals surface area contributed by atoms with Crippen molar-refractivity contribution < 1.29 is 34.5 Å². The Labute approximate surface area is 216 Å². The number of carbonyl (C=O) groups is 4. The molecule has 1 aromatic carbocycles. The summed E-state index contributed by atoms with van der Waals surface area (Å²) in [6, 6.07) is 3.88. The number of nitrogens with one attached hydrogen (secondary N) is 5. The van der Waals surface area contributed by atoms with Gasteiger partial charge in [0.2, 0.25) is 5.95 Å². The van der Waals surface area contributed by atoms with E-state index in [1.165, 1.54) is 19.1 Å². The van der Waals surface area contributed by atoms with Gasteiger partial charge in [-0.1, -0.05) is 0 Å². The minimum Gasteiger partial charge on any atom is -0.481 e. The molecule has 1 aliphatic rings. The Morgan fingerprint density at radius 1 is 1.13 bits per heavy atom. The summed E-state index contributed by atoms with van der Waals surface area (Å²) in [5, 5.41) is 38.3. The van der Waals surface area contributed by atoms with Crippen LogP contribution in [0.2, 0.25) is 0 Å². The number of carboxylic acid groups (broad SMARTS) is 3. The maximum atomic E-state index is 12.7. The standard InChI is InChI=1S/C23H29N7O8/c1-11(21(35)36)26-23-28-18-17(20(34)29-23)30(2)14(10-25-18)9-24-13-5-3-12(4-6-13)19(33)27-15(22(37)38)7-8-16(31)32/h3-6,11,14-15,24H,7-10H2,1-2H3,(H,27,33)(H,31,32)(H,35,36)(H,37,38)(H3,25,26,28,29,34)/t11?,14?,15-/m0/s1. The third-order valence-electron chi connectivity index (χ3n) is 5.96. The van der Waals surface area contributed by atoms with Crippen LogP contribution in [0.3, 0.4) is 0 Å². The van der Waals surface area contributed by atoms with E-state index < -0.39 is 41.5 Å². The van der Waals surface area contributed by atoms with Crippen LogP contribution in [-0.4, -0.2) is 87.4 Å². The van der Waals surface area contributed by atoms with Crippen LogP contribution >= 0.6 is 0 Å². The summed E-state index contributed by atoms with van der Waals surface area (Å²) in [5.74, 6) is -3.83. The molecule has 204 valence electrons. The zero-order valence-electron chi connectivity index (χ0n) is 20.6. The second kappa shape index (κ2) is 11.9. The Bertz CT molecular complexity index is 1260. The number of H-pyrrole nitrogens is 1. The van der Waals surface area contributed by atoms with Gasteiger partial charge in [-0.25, -0.2) is 4.79 Å². The largest absolute Gasteiger partial charge is 0.481 e. The first-order valence-corrected chi connectivity index (χ1v) is 11.7. The van der Waals surface area contributed by atoms with E-state index in [0.717, 1.165) is 0 Å². The van der Waals surface area contributed by atoms with Crippen molar-refractivity contribution in [3.63, 3.8) is 0 Å². The molecule has 8 N–H and O–H groups in total. The highest BCUT2D eigenvalue weighted by atomic mass is 16.4. The highest BCUT2D eigenvalue weighted by molar-refractivity contribution is 5.97. The molecular formula is C23H29N7O8. The van der Waals surface area contributed by atoms with E-state index >= 15 is 0 Å². The van der Waals surface area contributed by atoms with Gasteiger partial charge < -0.3 is 41.5 Å². The zero-order chi connectivity index (χ0) is 28.0. The van der Waals surface area contributed by atoms with Gasteiger partial charge in [0.15, 0.2) is 5.82 Å². The Kier molecular flexibility index (Phi) is 8.73. The molecule has 0 spiro atoms. The molecule has 0 saturated carbocycles. The number of benzene rings is 1. The van der Waals surface area contributed by atoms with Crippen LogP contribution in [-0.2, 0) is 14.4 Å². The normalized spacial score (nSPS) is 15.8. The van der Waals surface area contributed by atoms with Crippen molar-refractivity contribution in [3.8, 4) is 0 Å². The second-order valence-electron chi connectivity index (χ2n) is 8.72. The quantitative estimate of drug-likeness (QED) is 0.181. The summed E-state index contributed by atoms with van der Waals surface area (Å²) in [4.78, 5) is 66.7. The average Bonchev–Trinajstić information content (AvgIpc) is 2.85. The van der Waals surface area contributed by atoms with E-state index in [0.29, 0.717) is 30.3 Å². The zero-order valence-corrected chi connectivity index (χ0v) is 20.6. The molecule has 1 amide bonds. The second-order valence-corrected chi connectivity index (χ2v) is 8.72. The molecule has 0 bridgehead atoms.